The van der Waals surface area contributed by atoms with E-state index in [1.807, 2.05) is 30.5 Å². The van der Waals surface area contributed by atoms with E-state index in [-0.39, 0.29) is 0 Å². The van der Waals surface area contributed by atoms with Crippen LogP contribution in [0.3, 0.4) is 0 Å². The van der Waals surface area contributed by atoms with Crippen LogP contribution in [0.1, 0.15) is 0 Å². The van der Waals surface area contributed by atoms with Crippen LogP contribution in [-0.4, -0.2) is 24.1 Å². The minimum atomic E-state index is 0.676. The number of pyridine rings is 1. The molecule has 44 heavy (non-hydrogen) atoms. The summed E-state index contributed by atoms with van der Waals surface area (Å²) in [5.41, 5.74) is 8.07. The Balaban J connectivity index is 1.36. The Morgan fingerprint density at radius 3 is 1.75 bits per heavy atom. The molecule has 0 N–H and O–H groups in total. The van der Waals surface area contributed by atoms with E-state index < -0.39 is 0 Å². The fourth-order valence-corrected chi connectivity index (χ4v) is 6.50. The second-order valence-electron chi connectivity index (χ2n) is 10.9. The number of para-hydroxylation sites is 4. The third kappa shape index (κ3) is 3.69. The third-order valence-corrected chi connectivity index (χ3v) is 8.41. The van der Waals surface area contributed by atoms with E-state index in [2.05, 4.69) is 130 Å². The second-order valence-corrected chi connectivity index (χ2v) is 10.9. The number of nitrogens with zero attached hydrogens (tertiary/aromatic N) is 5. The second kappa shape index (κ2) is 9.75. The van der Waals surface area contributed by atoms with E-state index in [1.54, 1.807) is 0 Å². The molecule has 0 aliphatic rings. The average molecular weight is 564 g/mol. The fraction of sp³-hybridized carbons (Fsp3) is 0. The van der Waals surface area contributed by atoms with Crippen molar-refractivity contribution in [2.24, 2.45) is 0 Å². The first-order valence-corrected chi connectivity index (χ1v) is 14.7. The molecule has 206 valence electrons. The van der Waals surface area contributed by atoms with Gasteiger partial charge in [-0.2, -0.15) is 0 Å². The van der Waals surface area contributed by atoms with Crippen molar-refractivity contribution in [3.63, 3.8) is 0 Å². The summed E-state index contributed by atoms with van der Waals surface area (Å²) in [5.74, 6) is 1.50. The molecule has 9 aromatic rings. The lowest BCUT2D eigenvalue weighted by atomic mass is 10.1. The van der Waals surface area contributed by atoms with E-state index >= 15 is 0 Å². The van der Waals surface area contributed by atoms with Gasteiger partial charge in [-0.1, -0.05) is 103 Å². The predicted molar refractivity (Wildman–Crippen MR) is 179 cm³/mol. The van der Waals surface area contributed by atoms with Crippen LogP contribution in [0.2, 0.25) is 0 Å². The van der Waals surface area contributed by atoms with Crippen molar-refractivity contribution in [2.75, 3.05) is 0 Å². The normalized spacial score (nSPS) is 11.6. The van der Waals surface area contributed by atoms with Crippen LogP contribution in [0.25, 0.3) is 77.9 Å². The van der Waals surface area contributed by atoms with Crippen molar-refractivity contribution >= 4 is 43.7 Å². The van der Waals surface area contributed by atoms with Crippen molar-refractivity contribution in [2.45, 2.75) is 0 Å². The number of rotatable bonds is 4. The van der Waals surface area contributed by atoms with Gasteiger partial charge in [0.25, 0.3) is 0 Å². The lowest BCUT2D eigenvalue weighted by molar-refractivity contribution is 1.04. The smallest absolute Gasteiger partial charge is 0.162 e. The van der Waals surface area contributed by atoms with Crippen LogP contribution in [0.5, 0.6) is 0 Å². The quantitative estimate of drug-likeness (QED) is 0.214. The molecule has 4 aromatic heterocycles. The molecule has 0 saturated heterocycles. The molecule has 0 bridgehead atoms. The Hall–Kier alpha value is -6.07. The minimum Gasteiger partial charge on any atom is -0.294 e. The average Bonchev–Trinajstić information content (AvgIpc) is 3.62. The van der Waals surface area contributed by atoms with Gasteiger partial charge in [-0.3, -0.25) is 9.13 Å². The summed E-state index contributed by atoms with van der Waals surface area (Å²) >= 11 is 0. The summed E-state index contributed by atoms with van der Waals surface area (Å²) < 4.78 is 4.51. The van der Waals surface area contributed by atoms with Crippen LogP contribution in [-0.2, 0) is 0 Å². The topological polar surface area (TPSA) is 48.5 Å². The lowest BCUT2D eigenvalue weighted by Crippen LogP contribution is -2.04. The molecule has 4 heterocycles. The van der Waals surface area contributed by atoms with Crippen molar-refractivity contribution in [1.82, 2.24) is 24.1 Å². The Morgan fingerprint density at radius 1 is 0.455 bits per heavy atom. The number of hydrogen-bond donors (Lipinski definition) is 0. The van der Waals surface area contributed by atoms with Crippen LogP contribution in [0, 0.1) is 0 Å². The first-order valence-electron chi connectivity index (χ1n) is 14.7. The standard InChI is InChI=1S/C39H25N5/c1-2-13-26(14-3-1)38-41-32(25-37(42-38)43-33-20-8-4-15-27(33)28-16-5-9-21-34(28)43)31-18-7-11-23-36(31)44-35-22-10-6-17-29(35)30-19-12-24-40-39(30)44/h1-25H. The maximum absolute atomic E-state index is 5.22. The first-order chi connectivity index (χ1) is 21.8. The molecule has 9 rings (SSSR count). The zero-order chi connectivity index (χ0) is 29.0. The molecule has 0 aliphatic carbocycles. The van der Waals surface area contributed by atoms with Gasteiger partial charge in [-0.05, 0) is 36.4 Å². The minimum absolute atomic E-state index is 0.676. The highest BCUT2D eigenvalue weighted by Crippen LogP contribution is 2.37. The van der Waals surface area contributed by atoms with Gasteiger partial charge in [0.2, 0.25) is 0 Å². The molecular weight excluding hydrogens is 538 g/mol. The third-order valence-electron chi connectivity index (χ3n) is 8.41. The molecule has 5 nitrogen and oxygen atoms in total. The zero-order valence-corrected chi connectivity index (χ0v) is 23.7. The summed E-state index contributed by atoms with van der Waals surface area (Å²) in [6.45, 7) is 0. The first kappa shape index (κ1) is 24.5. The fourth-order valence-electron chi connectivity index (χ4n) is 6.50. The highest BCUT2D eigenvalue weighted by Gasteiger charge is 2.20. The summed E-state index contributed by atoms with van der Waals surface area (Å²) in [7, 11) is 0. The predicted octanol–water partition coefficient (Wildman–Crippen LogP) is 9.40. The van der Waals surface area contributed by atoms with Crippen molar-refractivity contribution in [3.05, 3.63) is 152 Å². The van der Waals surface area contributed by atoms with Gasteiger partial charge < -0.3 is 0 Å². The SMILES string of the molecule is c1ccc(-c2nc(-c3ccccc3-n3c4ccccc4c4cccnc43)cc(-n3c4ccccc4c4ccccc43)n2)cc1. The summed E-state index contributed by atoms with van der Waals surface area (Å²) in [6.07, 6.45) is 1.86. The van der Waals surface area contributed by atoms with Crippen molar-refractivity contribution < 1.29 is 0 Å². The van der Waals surface area contributed by atoms with Gasteiger partial charge >= 0.3 is 0 Å². The molecule has 0 atom stereocenters. The maximum atomic E-state index is 5.22. The van der Waals surface area contributed by atoms with Crippen LogP contribution >= 0.6 is 0 Å². The Morgan fingerprint density at radius 2 is 1.02 bits per heavy atom. The van der Waals surface area contributed by atoms with E-state index in [9.17, 15) is 0 Å². The number of fused-ring (bicyclic) bond motifs is 6. The van der Waals surface area contributed by atoms with Crippen LogP contribution in [0.4, 0.5) is 0 Å². The molecule has 0 radical (unpaired) electrons. The van der Waals surface area contributed by atoms with E-state index in [1.165, 1.54) is 16.2 Å². The molecule has 0 fully saturated rings. The van der Waals surface area contributed by atoms with Gasteiger partial charge in [0.15, 0.2) is 5.82 Å². The van der Waals surface area contributed by atoms with E-state index in [4.69, 9.17) is 15.0 Å². The summed E-state index contributed by atoms with van der Waals surface area (Å²) in [5, 5.41) is 4.68. The molecular formula is C39H25N5. The summed E-state index contributed by atoms with van der Waals surface area (Å²) in [6, 6.07) is 50.5. The van der Waals surface area contributed by atoms with Gasteiger partial charge in [0.1, 0.15) is 11.5 Å². The molecule has 0 saturated carbocycles. The van der Waals surface area contributed by atoms with Crippen molar-refractivity contribution in [3.8, 4) is 34.2 Å². The molecule has 5 aromatic carbocycles. The van der Waals surface area contributed by atoms with Crippen molar-refractivity contribution in [1.29, 1.82) is 0 Å². The van der Waals surface area contributed by atoms with Gasteiger partial charge in [0.05, 0.1) is 27.9 Å². The largest absolute Gasteiger partial charge is 0.294 e. The molecule has 5 heteroatoms. The van der Waals surface area contributed by atoms with Gasteiger partial charge in [0, 0.05) is 44.9 Å². The van der Waals surface area contributed by atoms with Gasteiger partial charge in [-0.25, -0.2) is 15.0 Å². The molecule has 0 unspecified atom stereocenters. The highest BCUT2D eigenvalue weighted by molar-refractivity contribution is 6.10. The number of benzene rings is 5. The Kier molecular flexibility index (Phi) is 5.43. The maximum Gasteiger partial charge on any atom is 0.162 e. The monoisotopic (exact) mass is 563 g/mol. The van der Waals surface area contributed by atoms with Gasteiger partial charge in [-0.15, -0.1) is 0 Å². The molecule has 0 aliphatic heterocycles. The van der Waals surface area contributed by atoms with E-state index in [0.29, 0.717) is 5.82 Å². The zero-order valence-electron chi connectivity index (χ0n) is 23.7. The molecule has 0 amide bonds. The van der Waals surface area contributed by atoms with Crippen LogP contribution < -0.4 is 0 Å². The Labute approximate surface area is 253 Å². The lowest BCUT2D eigenvalue weighted by Gasteiger charge is -2.15. The molecule has 0 spiro atoms. The van der Waals surface area contributed by atoms with E-state index in [0.717, 1.165) is 55.9 Å². The van der Waals surface area contributed by atoms with Crippen LogP contribution in [0.15, 0.2) is 152 Å². The summed E-state index contributed by atoms with van der Waals surface area (Å²) in [4.78, 5) is 15.3. The highest BCUT2D eigenvalue weighted by atomic mass is 15.1. The number of hydrogen-bond acceptors (Lipinski definition) is 3. The number of aromatic nitrogens is 5. The Bertz CT molecular complexity index is 2400.